The van der Waals surface area contributed by atoms with Crippen LogP contribution >= 0.6 is 0 Å². The number of aliphatic hydroxyl groups excluding tert-OH is 2. The van der Waals surface area contributed by atoms with E-state index in [9.17, 15) is 50.5 Å². The molecule has 1 atom stereocenters. The molecule has 1 fully saturated rings. The Morgan fingerprint density at radius 1 is 0.956 bits per heavy atom. The molecule has 3 N–H and O–H groups in total. The fourth-order valence-electron chi connectivity index (χ4n) is 5.57. The SMILES string of the molecule is Cc1cc(F)ccc1-c1cc([C@@H]2CC(=O)NC2(CO)CO)ncc1N(C)C(=O)C(C)(C)c1cc(C(F)(F)F)cc(C(F)(F)F)c1. The minimum atomic E-state index is -5.12. The third-order valence-corrected chi connectivity index (χ3v) is 8.26. The Morgan fingerprint density at radius 2 is 1.51 bits per heavy atom. The molecule has 14 heteroatoms. The Balaban J connectivity index is 1.87. The first kappa shape index (κ1) is 33.8. The van der Waals surface area contributed by atoms with E-state index in [1.165, 1.54) is 45.3 Å². The number of hydrogen-bond acceptors (Lipinski definition) is 5. The molecular formula is C31H30F7N3O4. The quantitative estimate of drug-likeness (QED) is 0.296. The van der Waals surface area contributed by atoms with Gasteiger partial charge in [-0.15, -0.1) is 0 Å². The average Bonchev–Trinajstić information content (AvgIpc) is 3.31. The van der Waals surface area contributed by atoms with Crippen molar-refractivity contribution in [2.75, 3.05) is 25.2 Å². The van der Waals surface area contributed by atoms with E-state index in [4.69, 9.17) is 0 Å². The minimum Gasteiger partial charge on any atom is -0.394 e. The highest BCUT2D eigenvalue weighted by Gasteiger charge is 2.48. The van der Waals surface area contributed by atoms with Gasteiger partial charge in [0.15, 0.2) is 0 Å². The van der Waals surface area contributed by atoms with Crippen molar-refractivity contribution in [1.82, 2.24) is 10.3 Å². The third kappa shape index (κ3) is 6.39. The molecular weight excluding hydrogens is 611 g/mol. The van der Waals surface area contributed by atoms with Crippen LogP contribution in [0.1, 0.15) is 54.1 Å². The van der Waals surface area contributed by atoms with Crippen LogP contribution in [0.25, 0.3) is 11.1 Å². The van der Waals surface area contributed by atoms with Crippen LogP contribution in [0.15, 0.2) is 48.7 Å². The molecule has 7 nitrogen and oxygen atoms in total. The second kappa shape index (κ2) is 11.7. The van der Waals surface area contributed by atoms with Gasteiger partial charge in [-0.05, 0) is 73.9 Å². The molecule has 2 heterocycles. The number of likely N-dealkylation sites (N-methyl/N-ethyl adjacent to an activating group) is 1. The number of carbonyl (C=O) groups is 2. The highest BCUT2D eigenvalue weighted by molar-refractivity contribution is 6.03. The highest BCUT2D eigenvalue weighted by atomic mass is 19.4. The maximum absolute atomic E-state index is 14.1. The first-order chi connectivity index (χ1) is 20.7. The summed E-state index contributed by atoms with van der Waals surface area (Å²) >= 11 is 0. The average molecular weight is 642 g/mol. The molecule has 0 saturated carbocycles. The summed E-state index contributed by atoms with van der Waals surface area (Å²) in [5.74, 6) is -2.73. The Labute approximate surface area is 253 Å². The lowest BCUT2D eigenvalue weighted by Crippen LogP contribution is -2.51. The summed E-state index contributed by atoms with van der Waals surface area (Å²) in [5.41, 5.74) is -5.65. The number of benzene rings is 2. The number of aromatic nitrogens is 1. The van der Waals surface area contributed by atoms with Crippen LogP contribution in [0.3, 0.4) is 0 Å². The lowest BCUT2D eigenvalue weighted by atomic mass is 9.81. The number of hydrogen-bond donors (Lipinski definition) is 3. The number of alkyl halides is 6. The predicted molar refractivity (Wildman–Crippen MR) is 150 cm³/mol. The van der Waals surface area contributed by atoms with Crippen molar-refractivity contribution in [2.24, 2.45) is 0 Å². The van der Waals surface area contributed by atoms with Crippen LogP contribution in [-0.4, -0.2) is 52.8 Å². The molecule has 4 rings (SSSR count). The molecule has 242 valence electrons. The number of amides is 2. The number of aryl methyl sites for hydroxylation is 1. The number of carbonyl (C=O) groups excluding carboxylic acids is 2. The Hall–Kier alpha value is -4.04. The van der Waals surface area contributed by atoms with Crippen LogP contribution in [0.2, 0.25) is 0 Å². The zero-order chi connectivity index (χ0) is 33.7. The Morgan fingerprint density at radius 3 is 2.02 bits per heavy atom. The summed E-state index contributed by atoms with van der Waals surface area (Å²) < 4.78 is 95.6. The van der Waals surface area contributed by atoms with Gasteiger partial charge in [-0.2, -0.15) is 26.3 Å². The van der Waals surface area contributed by atoms with Gasteiger partial charge in [0, 0.05) is 30.6 Å². The minimum absolute atomic E-state index is 0.0206. The van der Waals surface area contributed by atoms with Crippen LogP contribution < -0.4 is 10.2 Å². The summed E-state index contributed by atoms with van der Waals surface area (Å²) in [7, 11) is 1.27. The van der Waals surface area contributed by atoms with Crippen molar-refractivity contribution in [1.29, 1.82) is 0 Å². The van der Waals surface area contributed by atoms with Crippen LogP contribution in [0.5, 0.6) is 0 Å². The summed E-state index contributed by atoms with van der Waals surface area (Å²) in [6.45, 7) is 2.72. The molecule has 0 unspecified atom stereocenters. The Kier molecular flexibility index (Phi) is 8.81. The van der Waals surface area contributed by atoms with E-state index in [1.54, 1.807) is 6.92 Å². The number of halogens is 7. The molecule has 0 spiro atoms. The van der Waals surface area contributed by atoms with Gasteiger partial charge in [-0.25, -0.2) is 4.39 Å². The van der Waals surface area contributed by atoms with Gasteiger partial charge in [-0.3, -0.25) is 14.6 Å². The van der Waals surface area contributed by atoms with E-state index in [0.717, 1.165) is 11.0 Å². The van der Waals surface area contributed by atoms with Gasteiger partial charge in [0.25, 0.3) is 0 Å². The molecule has 0 aliphatic carbocycles. The summed E-state index contributed by atoms with van der Waals surface area (Å²) in [4.78, 5) is 31.7. The largest absolute Gasteiger partial charge is 0.416 e. The molecule has 3 aromatic rings. The predicted octanol–water partition coefficient (Wildman–Crippen LogP) is 5.50. The number of anilines is 1. The van der Waals surface area contributed by atoms with Gasteiger partial charge < -0.3 is 20.4 Å². The molecule has 0 radical (unpaired) electrons. The first-order valence-electron chi connectivity index (χ1n) is 13.6. The normalized spacial score (nSPS) is 16.9. The number of rotatable bonds is 7. The van der Waals surface area contributed by atoms with E-state index in [1.807, 2.05) is 0 Å². The lowest BCUT2D eigenvalue weighted by Gasteiger charge is -2.33. The second-order valence-electron chi connectivity index (χ2n) is 11.6. The number of pyridine rings is 1. The molecule has 1 aliphatic heterocycles. The van der Waals surface area contributed by atoms with E-state index >= 15 is 0 Å². The van der Waals surface area contributed by atoms with E-state index in [-0.39, 0.29) is 29.4 Å². The molecule has 0 bridgehead atoms. The van der Waals surface area contributed by atoms with Crippen molar-refractivity contribution < 1.29 is 50.5 Å². The van der Waals surface area contributed by atoms with Crippen LogP contribution in [0.4, 0.5) is 36.4 Å². The standard InChI is InChI=1S/C31H30F7N3O4/c1-16-7-20(32)5-6-21(16)22-11-24(23-12-26(44)40-29(23,14-42)15-43)39-13-25(22)41(4)27(45)28(2,3)17-8-18(30(33,34)35)10-19(9-17)31(36,37)38/h5-11,13,23,42-43H,12,14-15H2,1-4H3,(H,40,44)/t23-/m0/s1. The zero-order valence-electron chi connectivity index (χ0n) is 24.6. The van der Waals surface area contributed by atoms with Crippen molar-refractivity contribution in [3.05, 3.63) is 82.4 Å². The molecule has 1 aromatic heterocycles. The van der Waals surface area contributed by atoms with Crippen molar-refractivity contribution in [2.45, 2.75) is 56.4 Å². The number of nitrogens with one attached hydrogen (secondary N) is 1. The molecule has 1 saturated heterocycles. The van der Waals surface area contributed by atoms with E-state index < -0.39 is 76.8 Å². The van der Waals surface area contributed by atoms with Crippen LogP contribution in [0, 0.1) is 12.7 Å². The fourth-order valence-corrected chi connectivity index (χ4v) is 5.57. The van der Waals surface area contributed by atoms with Gasteiger partial charge in [0.2, 0.25) is 11.8 Å². The summed E-state index contributed by atoms with van der Waals surface area (Å²) in [6.07, 6.45) is -9.16. The van der Waals surface area contributed by atoms with Gasteiger partial charge in [0.1, 0.15) is 5.82 Å². The van der Waals surface area contributed by atoms with Crippen molar-refractivity contribution in [3.63, 3.8) is 0 Å². The van der Waals surface area contributed by atoms with Crippen molar-refractivity contribution in [3.8, 4) is 11.1 Å². The Bertz CT molecular complexity index is 1600. The monoisotopic (exact) mass is 641 g/mol. The smallest absolute Gasteiger partial charge is 0.394 e. The second-order valence-corrected chi connectivity index (χ2v) is 11.6. The van der Waals surface area contributed by atoms with Gasteiger partial charge in [-0.1, -0.05) is 6.07 Å². The zero-order valence-corrected chi connectivity index (χ0v) is 24.6. The lowest BCUT2D eigenvalue weighted by molar-refractivity contribution is -0.143. The topological polar surface area (TPSA) is 103 Å². The molecule has 45 heavy (non-hydrogen) atoms. The van der Waals surface area contributed by atoms with Gasteiger partial charge in [0.05, 0.1) is 47.2 Å². The maximum Gasteiger partial charge on any atom is 0.416 e. The van der Waals surface area contributed by atoms with Gasteiger partial charge >= 0.3 is 12.4 Å². The van der Waals surface area contributed by atoms with Crippen molar-refractivity contribution >= 4 is 17.5 Å². The van der Waals surface area contributed by atoms with E-state index in [2.05, 4.69) is 10.3 Å². The third-order valence-electron chi connectivity index (χ3n) is 8.26. The molecule has 1 aliphatic rings. The molecule has 2 aromatic carbocycles. The number of nitrogens with zero attached hydrogens (tertiary/aromatic N) is 2. The summed E-state index contributed by atoms with van der Waals surface area (Å²) in [5, 5.41) is 22.6. The van der Waals surface area contributed by atoms with Crippen LogP contribution in [-0.2, 0) is 27.4 Å². The first-order valence-corrected chi connectivity index (χ1v) is 13.6. The summed E-state index contributed by atoms with van der Waals surface area (Å²) in [6, 6.07) is 6.27. The maximum atomic E-state index is 14.1. The molecule has 2 amide bonds. The van der Waals surface area contributed by atoms with E-state index in [0.29, 0.717) is 23.3 Å². The highest BCUT2D eigenvalue weighted by Crippen LogP contribution is 2.43. The fraction of sp³-hybridized carbons (Fsp3) is 0.387. The number of aliphatic hydroxyl groups is 2.